The molecule has 0 saturated heterocycles. The standard InChI is InChI=1S/C16H25NO3S/c1-6-17-16(3,15(18)20-5)11-12(2)21-14-10-8-7-9-13(14)19-4/h7-10,12,17H,6,11H2,1-5H3. The second-order valence-electron chi connectivity index (χ2n) is 5.14. The van der Waals surface area contributed by atoms with Crippen LogP contribution in [0.4, 0.5) is 0 Å². The summed E-state index contributed by atoms with van der Waals surface area (Å²) in [5.41, 5.74) is -0.669. The molecule has 1 rings (SSSR count). The van der Waals surface area contributed by atoms with Crippen molar-refractivity contribution < 1.29 is 14.3 Å². The highest BCUT2D eigenvalue weighted by Crippen LogP contribution is 2.35. The molecule has 0 aliphatic heterocycles. The molecule has 0 bridgehead atoms. The second kappa shape index (κ2) is 8.29. The number of nitrogens with one attached hydrogen (secondary N) is 1. The lowest BCUT2D eigenvalue weighted by molar-refractivity contribution is -0.148. The van der Waals surface area contributed by atoms with Gasteiger partial charge in [-0.1, -0.05) is 26.0 Å². The number of ether oxygens (including phenoxy) is 2. The minimum atomic E-state index is -0.669. The molecule has 0 aliphatic carbocycles. The van der Waals surface area contributed by atoms with Crippen LogP contribution >= 0.6 is 11.8 Å². The number of carbonyl (C=O) groups excluding carboxylic acids is 1. The van der Waals surface area contributed by atoms with Gasteiger partial charge >= 0.3 is 5.97 Å². The monoisotopic (exact) mass is 311 g/mol. The first-order valence-electron chi connectivity index (χ1n) is 7.10. The van der Waals surface area contributed by atoms with E-state index in [1.807, 2.05) is 38.1 Å². The molecule has 1 aromatic rings. The summed E-state index contributed by atoms with van der Waals surface area (Å²) in [6, 6.07) is 7.91. The first-order valence-corrected chi connectivity index (χ1v) is 7.98. The molecule has 0 fully saturated rings. The highest BCUT2D eigenvalue weighted by molar-refractivity contribution is 8.00. The lowest BCUT2D eigenvalue weighted by Crippen LogP contribution is -2.51. The van der Waals surface area contributed by atoms with Crippen molar-refractivity contribution in [2.75, 3.05) is 20.8 Å². The third-order valence-electron chi connectivity index (χ3n) is 3.30. The number of methoxy groups -OCH3 is 2. The Bertz CT molecular complexity index is 467. The molecule has 2 atom stereocenters. The molecule has 0 aromatic heterocycles. The van der Waals surface area contributed by atoms with E-state index in [1.165, 1.54) is 7.11 Å². The summed E-state index contributed by atoms with van der Waals surface area (Å²) >= 11 is 1.70. The molecule has 5 heteroatoms. The Balaban J connectivity index is 2.78. The number of hydrogen-bond donors (Lipinski definition) is 1. The van der Waals surface area contributed by atoms with Crippen molar-refractivity contribution in [2.24, 2.45) is 0 Å². The van der Waals surface area contributed by atoms with E-state index in [4.69, 9.17) is 9.47 Å². The summed E-state index contributed by atoms with van der Waals surface area (Å²) in [6.45, 7) is 6.70. The maximum Gasteiger partial charge on any atom is 0.325 e. The Labute approximate surface area is 131 Å². The summed E-state index contributed by atoms with van der Waals surface area (Å²) < 4.78 is 10.3. The molecule has 2 unspecified atom stereocenters. The van der Waals surface area contributed by atoms with E-state index >= 15 is 0 Å². The van der Waals surface area contributed by atoms with E-state index in [0.29, 0.717) is 6.42 Å². The van der Waals surface area contributed by atoms with Crippen LogP contribution in [0.15, 0.2) is 29.2 Å². The molecule has 21 heavy (non-hydrogen) atoms. The van der Waals surface area contributed by atoms with Gasteiger partial charge in [-0.05, 0) is 32.0 Å². The van der Waals surface area contributed by atoms with E-state index < -0.39 is 5.54 Å². The number of hydrogen-bond acceptors (Lipinski definition) is 5. The molecule has 0 spiro atoms. The Morgan fingerprint density at radius 3 is 2.62 bits per heavy atom. The van der Waals surface area contributed by atoms with Crippen LogP contribution in [0.5, 0.6) is 5.75 Å². The lowest BCUT2D eigenvalue weighted by atomic mass is 9.96. The molecule has 0 saturated carbocycles. The summed E-state index contributed by atoms with van der Waals surface area (Å²) in [4.78, 5) is 13.1. The van der Waals surface area contributed by atoms with Crippen LogP contribution < -0.4 is 10.1 Å². The van der Waals surface area contributed by atoms with Gasteiger partial charge in [0.2, 0.25) is 0 Å². The maximum absolute atomic E-state index is 12.0. The first-order chi connectivity index (χ1) is 9.96. The van der Waals surface area contributed by atoms with Crippen LogP contribution in [0, 0.1) is 0 Å². The van der Waals surface area contributed by atoms with Gasteiger partial charge in [-0.15, -0.1) is 11.8 Å². The van der Waals surface area contributed by atoms with Crippen molar-refractivity contribution >= 4 is 17.7 Å². The van der Waals surface area contributed by atoms with Crippen molar-refractivity contribution in [1.82, 2.24) is 5.32 Å². The van der Waals surface area contributed by atoms with E-state index in [0.717, 1.165) is 17.2 Å². The number of rotatable bonds is 8. The summed E-state index contributed by atoms with van der Waals surface area (Å²) in [6.07, 6.45) is 0.677. The van der Waals surface area contributed by atoms with Crippen molar-refractivity contribution in [1.29, 1.82) is 0 Å². The van der Waals surface area contributed by atoms with Crippen molar-refractivity contribution in [3.63, 3.8) is 0 Å². The molecule has 0 aliphatic rings. The molecule has 0 heterocycles. The van der Waals surface area contributed by atoms with Gasteiger partial charge in [0.15, 0.2) is 0 Å². The normalized spacial score (nSPS) is 15.1. The molecule has 118 valence electrons. The van der Waals surface area contributed by atoms with Crippen LogP contribution in [0.25, 0.3) is 0 Å². The van der Waals surface area contributed by atoms with Gasteiger partial charge < -0.3 is 14.8 Å². The summed E-state index contributed by atoms with van der Waals surface area (Å²) in [5, 5.41) is 3.48. The smallest absolute Gasteiger partial charge is 0.325 e. The average molecular weight is 311 g/mol. The predicted molar refractivity (Wildman–Crippen MR) is 87.0 cm³/mol. The molecule has 4 nitrogen and oxygen atoms in total. The zero-order chi connectivity index (χ0) is 15.9. The fourth-order valence-electron chi connectivity index (χ4n) is 2.39. The van der Waals surface area contributed by atoms with Crippen LogP contribution in [0.2, 0.25) is 0 Å². The molecule has 0 radical (unpaired) electrons. The van der Waals surface area contributed by atoms with E-state index in [9.17, 15) is 4.79 Å². The Hall–Kier alpha value is -1.20. The van der Waals surface area contributed by atoms with Crippen molar-refractivity contribution in [3.05, 3.63) is 24.3 Å². The summed E-state index contributed by atoms with van der Waals surface area (Å²) in [5.74, 6) is 0.634. The largest absolute Gasteiger partial charge is 0.496 e. The van der Waals surface area contributed by atoms with Gasteiger partial charge in [-0.2, -0.15) is 0 Å². The number of carbonyl (C=O) groups is 1. The first kappa shape index (κ1) is 17.9. The fraction of sp³-hybridized carbons (Fsp3) is 0.562. The second-order valence-corrected chi connectivity index (χ2v) is 6.62. The third kappa shape index (κ3) is 4.93. The molecular weight excluding hydrogens is 286 g/mol. The fourth-order valence-corrected chi connectivity index (χ4v) is 3.67. The maximum atomic E-state index is 12.0. The third-order valence-corrected chi connectivity index (χ3v) is 4.46. The van der Waals surface area contributed by atoms with Crippen LogP contribution in [0.3, 0.4) is 0 Å². The molecule has 0 amide bonds. The minimum absolute atomic E-state index is 0.225. The average Bonchev–Trinajstić information content (AvgIpc) is 2.46. The highest BCUT2D eigenvalue weighted by Gasteiger charge is 2.35. The van der Waals surface area contributed by atoms with Crippen LogP contribution in [0.1, 0.15) is 27.2 Å². The van der Waals surface area contributed by atoms with E-state index in [2.05, 4.69) is 12.2 Å². The quantitative estimate of drug-likeness (QED) is 0.590. The Kier molecular flexibility index (Phi) is 7.05. The lowest BCUT2D eigenvalue weighted by Gasteiger charge is -2.30. The minimum Gasteiger partial charge on any atom is -0.496 e. The SMILES string of the molecule is CCNC(C)(CC(C)Sc1ccccc1OC)C(=O)OC. The number of likely N-dealkylation sites (N-methyl/N-ethyl adjacent to an activating group) is 1. The zero-order valence-electron chi connectivity index (χ0n) is 13.4. The summed E-state index contributed by atoms with van der Waals surface area (Å²) in [7, 11) is 3.09. The van der Waals surface area contributed by atoms with Crippen LogP contribution in [-0.2, 0) is 9.53 Å². The van der Waals surface area contributed by atoms with Gasteiger partial charge in [-0.25, -0.2) is 0 Å². The van der Waals surface area contributed by atoms with Crippen molar-refractivity contribution in [2.45, 2.75) is 42.9 Å². The predicted octanol–water partition coefficient (Wildman–Crippen LogP) is 3.11. The van der Waals surface area contributed by atoms with Crippen LogP contribution in [-0.4, -0.2) is 37.5 Å². The van der Waals surface area contributed by atoms with E-state index in [1.54, 1.807) is 18.9 Å². The van der Waals surface area contributed by atoms with Gasteiger partial charge in [0.05, 0.1) is 14.2 Å². The number of thioether (sulfide) groups is 1. The number of para-hydroxylation sites is 1. The van der Waals surface area contributed by atoms with Gasteiger partial charge in [0, 0.05) is 10.1 Å². The van der Waals surface area contributed by atoms with E-state index in [-0.39, 0.29) is 11.2 Å². The van der Waals surface area contributed by atoms with Gasteiger partial charge in [0.1, 0.15) is 11.3 Å². The topological polar surface area (TPSA) is 47.6 Å². The van der Waals surface area contributed by atoms with Gasteiger partial charge in [-0.3, -0.25) is 4.79 Å². The van der Waals surface area contributed by atoms with Gasteiger partial charge in [0.25, 0.3) is 0 Å². The Morgan fingerprint density at radius 2 is 2.05 bits per heavy atom. The molecule has 1 aromatic carbocycles. The molecule has 1 N–H and O–H groups in total. The highest BCUT2D eigenvalue weighted by atomic mass is 32.2. The zero-order valence-corrected chi connectivity index (χ0v) is 14.3. The molecular formula is C16H25NO3S. The number of esters is 1. The number of benzene rings is 1. The Morgan fingerprint density at radius 1 is 1.38 bits per heavy atom. The van der Waals surface area contributed by atoms with Crippen molar-refractivity contribution in [3.8, 4) is 5.75 Å².